The predicted octanol–water partition coefficient (Wildman–Crippen LogP) is 12.4. The average molecular weight is 984 g/mol. The smallest absolute Gasteiger partial charge is 0.268 e. The Morgan fingerprint density at radius 3 is 2.15 bits per heavy atom. The molecule has 306 valence electrons. The normalized spacial score (nSPS) is 12.7. The number of pyridine rings is 1. The van der Waals surface area contributed by atoms with Gasteiger partial charge in [-0.05, 0) is 105 Å². The molecule has 3 heterocycles. The van der Waals surface area contributed by atoms with Crippen molar-refractivity contribution in [2.24, 2.45) is 0 Å². The summed E-state index contributed by atoms with van der Waals surface area (Å²) < 4.78 is 13.1. The predicted molar refractivity (Wildman–Crippen MR) is 245 cm³/mol. The molecule has 0 radical (unpaired) electrons. The van der Waals surface area contributed by atoms with Crippen molar-refractivity contribution in [3.63, 3.8) is 0 Å². The first-order valence-electron chi connectivity index (χ1n) is 21.2. The van der Waals surface area contributed by atoms with E-state index in [1.165, 1.54) is 38.9 Å². The number of para-hydroxylation sites is 4. The molecule has 0 N–H and O–H groups in total. The number of aryl methyl sites for hydroxylation is 4. The van der Waals surface area contributed by atoms with E-state index in [1.807, 2.05) is 24.4 Å². The van der Waals surface area contributed by atoms with E-state index in [2.05, 4.69) is 192 Å². The summed E-state index contributed by atoms with van der Waals surface area (Å²) in [6.07, 6.45) is 9.64. The molecule has 3 aromatic heterocycles. The summed E-state index contributed by atoms with van der Waals surface area (Å²) >= 11 is 0. The summed E-state index contributed by atoms with van der Waals surface area (Å²) in [5.74, 6) is 2.04. The van der Waals surface area contributed by atoms with Crippen LogP contribution in [0.1, 0.15) is 48.6 Å². The van der Waals surface area contributed by atoms with Crippen molar-refractivity contribution in [2.75, 3.05) is 0 Å². The molecule has 7 aromatic carbocycles. The third-order valence-corrected chi connectivity index (χ3v) is 12.2. The molecule has 4 aliphatic rings. The minimum Gasteiger partial charge on any atom is -0.510 e. The van der Waals surface area contributed by atoms with Crippen molar-refractivity contribution in [3.8, 4) is 39.8 Å². The maximum absolute atomic E-state index is 6.61. The summed E-state index contributed by atoms with van der Waals surface area (Å²) in [5.41, 5.74) is 15.1. The van der Waals surface area contributed by atoms with E-state index in [0.717, 1.165) is 75.7 Å². The Balaban J connectivity index is 0.00000458. The van der Waals surface area contributed by atoms with Gasteiger partial charge >= 0.3 is 0 Å². The topological polar surface area (TPSA) is 35.9 Å². The van der Waals surface area contributed by atoms with Gasteiger partial charge < -0.3 is 13.9 Å². The standard InChI is InChI=1S/C56H44N4O.Pt/c1-56(2,3)42-31-32-57-55(34-42)60-51-16-7-5-13-46(51)48-30-29-45(36-54(48)60)61-44-12-10-11-43(35-44)58-37-59(53-18-9-8-17-52(53)58)50-15-6-4-14-47(50)49-33-40-24-23-38-19-21-39(22-20-38)25-27-41(49)28-26-40;/h4-22,26,28-34H,23-25,27H2,1-3H3;/q-2;. The van der Waals surface area contributed by atoms with Gasteiger partial charge in [0.05, 0.1) is 16.7 Å². The molecule has 0 aliphatic heterocycles. The summed E-state index contributed by atoms with van der Waals surface area (Å²) in [6.45, 7) is 6.68. The number of benzene rings is 7. The van der Waals surface area contributed by atoms with Gasteiger partial charge in [0.1, 0.15) is 5.82 Å². The molecule has 0 amide bonds. The van der Waals surface area contributed by atoms with Crippen molar-refractivity contribution in [1.82, 2.24) is 14.1 Å². The third-order valence-electron chi connectivity index (χ3n) is 12.2. The molecule has 0 saturated carbocycles. The molecule has 0 unspecified atom stereocenters. The number of hydrogen-bond acceptors (Lipinski definition) is 2. The van der Waals surface area contributed by atoms with E-state index in [-0.39, 0.29) is 26.5 Å². The Labute approximate surface area is 377 Å². The summed E-state index contributed by atoms with van der Waals surface area (Å²) in [7, 11) is 0. The van der Waals surface area contributed by atoms with Gasteiger partial charge in [0.25, 0.3) is 6.33 Å². The monoisotopic (exact) mass is 983 g/mol. The van der Waals surface area contributed by atoms with Gasteiger partial charge in [-0.15, -0.1) is 29.7 Å². The van der Waals surface area contributed by atoms with Crippen LogP contribution in [0.4, 0.5) is 0 Å². The number of nitrogens with zero attached hydrogens (tertiary/aromatic N) is 4. The number of imidazole rings is 1. The number of aromatic nitrogens is 4. The second-order valence-electron chi connectivity index (χ2n) is 17.2. The Bertz CT molecular complexity index is 3280. The van der Waals surface area contributed by atoms with Crippen molar-refractivity contribution >= 4 is 32.8 Å². The molecule has 4 bridgehead atoms. The van der Waals surface area contributed by atoms with Gasteiger partial charge in [-0.2, -0.15) is 18.2 Å². The fourth-order valence-electron chi connectivity index (χ4n) is 8.93. The van der Waals surface area contributed by atoms with E-state index in [4.69, 9.17) is 9.72 Å². The third kappa shape index (κ3) is 7.25. The van der Waals surface area contributed by atoms with Gasteiger partial charge in [-0.25, -0.2) is 4.98 Å². The van der Waals surface area contributed by atoms with Crippen molar-refractivity contribution < 1.29 is 30.4 Å². The van der Waals surface area contributed by atoms with Crippen LogP contribution >= 0.6 is 0 Å². The van der Waals surface area contributed by atoms with Crippen LogP contribution in [0.5, 0.6) is 11.5 Å². The first-order valence-corrected chi connectivity index (χ1v) is 21.2. The van der Waals surface area contributed by atoms with Crippen LogP contribution in [-0.2, 0) is 52.2 Å². The number of hydrogen-bond donors (Lipinski definition) is 0. The zero-order valence-electron chi connectivity index (χ0n) is 34.9. The van der Waals surface area contributed by atoms with Gasteiger partial charge in [-0.1, -0.05) is 129 Å². The second-order valence-corrected chi connectivity index (χ2v) is 17.2. The minimum atomic E-state index is -0.0192. The summed E-state index contributed by atoms with van der Waals surface area (Å²) in [6, 6.07) is 63.6. The van der Waals surface area contributed by atoms with E-state index in [0.29, 0.717) is 11.5 Å². The molecule has 0 fully saturated rings. The number of rotatable bonds is 6. The van der Waals surface area contributed by atoms with Crippen LogP contribution in [0, 0.1) is 18.5 Å². The van der Waals surface area contributed by atoms with Gasteiger partial charge in [0.2, 0.25) is 0 Å². The average Bonchev–Trinajstić information content (AvgIpc) is 3.83. The number of fused-ring (bicyclic) bond motifs is 4. The quantitative estimate of drug-likeness (QED) is 0.123. The molecule has 10 aromatic rings. The van der Waals surface area contributed by atoms with Gasteiger partial charge in [0, 0.05) is 44.3 Å². The van der Waals surface area contributed by atoms with E-state index in [9.17, 15) is 0 Å². The van der Waals surface area contributed by atoms with Crippen molar-refractivity contribution in [2.45, 2.75) is 51.9 Å². The summed E-state index contributed by atoms with van der Waals surface area (Å²) in [4.78, 5) is 4.85. The maximum atomic E-state index is 6.61. The Kier molecular flexibility index (Phi) is 10.2. The first-order chi connectivity index (χ1) is 29.8. The molecule has 6 heteroatoms. The second kappa shape index (κ2) is 16.0. The molecule has 0 spiro atoms. The Morgan fingerprint density at radius 2 is 1.31 bits per heavy atom. The van der Waals surface area contributed by atoms with Crippen LogP contribution in [0.2, 0.25) is 0 Å². The van der Waals surface area contributed by atoms with Crippen LogP contribution in [-0.4, -0.2) is 14.1 Å². The van der Waals surface area contributed by atoms with Crippen LogP contribution in [0.3, 0.4) is 0 Å². The molecule has 4 aliphatic carbocycles. The summed E-state index contributed by atoms with van der Waals surface area (Å²) in [5, 5.41) is 2.24. The fraction of sp³-hybridized carbons (Fsp3) is 0.143. The Hall–Kier alpha value is -6.55. The fourth-order valence-corrected chi connectivity index (χ4v) is 8.93. The zero-order chi connectivity index (χ0) is 41.1. The van der Waals surface area contributed by atoms with E-state index < -0.39 is 0 Å². The van der Waals surface area contributed by atoms with E-state index in [1.54, 1.807) is 0 Å². The van der Waals surface area contributed by atoms with Gasteiger partial charge in [0.15, 0.2) is 0 Å². The molecular formula is C56H44N4OPt-2. The van der Waals surface area contributed by atoms with Crippen LogP contribution in [0.15, 0.2) is 164 Å². The largest absolute Gasteiger partial charge is 0.510 e. The zero-order valence-corrected chi connectivity index (χ0v) is 37.2. The number of ether oxygens (including phenoxy) is 1. The maximum Gasteiger partial charge on any atom is 0.268 e. The molecule has 0 atom stereocenters. The van der Waals surface area contributed by atoms with E-state index >= 15 is 0 Å². The molecule has 62 heavy (non-hydrogen) atoms. The van der Waals surface area contributed by atoms with Crippen LogP contribution < -0.4 is 9.30 Å². The minimum absolute atomic E-state index is 0. The van der Waals surface area contributed by atoms with Crippen molar-refractivity contribution in [3.05, 3.63) is 210 Å². The molecule has 5 nitrogen and oxygen atoms in total. The van der Waals surface area contributed by atoms with Crippen LogP contribution in [0.25, 0.3) is 61.2 Å². The SMILES string of the molecule is CC(C)(C)c1ccnc(-n2c3[c-]c(Oc4[c-]c(-n5[c-][n+](-c6ccccc6-c6cc7ccc6CCc6ccc(cc6)CC7)c6ccccc65)ccc4)ccc3c3ccccc32)c1.[Pt]. The van der Waals surface area contributed by atoms with Crippen molar-refractivity contribution in [1.29, 1.82) is 0 Å². The Morgan fingerprint density at radius 1 is 0.597 bits per heavy atom. The van der Waals surface area contributed by atoms with Gasteiger partial charge in [-0.3, -0.25) is 4.57 Å². The molecule has 0 saturated heterocycles. The molecular weight excluding hydrogens is 940 g/mol. The first kappa shape index (κ1) is 39.6. The molecule has 14 rings (SSSR count).